The number of nitrogens with zero attached hydrogens (tertiary/aromatic N) is 2. The lowest BCUT2D eigenvalue weighted by Gasteiger charge is -2.49. The fourth-order valence-corrected chi connectivity index (χ4v) is 5.47. The average Bonchev–Trinajstić information content (AvgIpc) is 3.11. The number of rotatable bonds is 8. The van der Waals surface area contributed by atoms with Gasteiger partial charge in [-0.15, -0.1) is 0 Å². The average molecular weight is 457 g/mol. The van der Waals surface area contributed by atoms with Gasteiger partial charge in [-0.1, -0.05) is 44.2 Å². The molecular formula is C26H40N4O3. The number of hydrogen-bond acceptors (Lipinski definition) is 4. The van der Waals surface area contributed by atoms with Crippen LogP contribution in [-0.4, -0.2) is 68.3 Å². The molecule has 2 fully saturated rings. The van der Waals surface area contributed by atoms with Crippen LogP contribution in [-0.2, 0) is 19.9 Å². The molecule has 2 N–H and O–H groups in total. The van der Waals surface area contributed by atoms with Crippen molar-refractivity contribution in [2.45, 2.75) is 57.9 Å². The Hall–Kier alpha value is -2.41. The molecule has 1 aliphatic heterocycles. The first-order chi connectivity index (χ1) is 15.5. The molecule has 1 spiro atoms. The quantitative estimate of drug-likeness (QED) is 0.630. The summed E-state index contributed by atoms with van der Waals surface area (Å²) >= 11 is 0. The van der Waals surface area contributed by atoms with Crippen molar-refractivity contribution < 1.29 is 14.4 Å². The van der Waals surface area contributed by atoms with Crippen LogP contribution < -0.4 is 10.6 Å². The molecule has 1 aromatic carbocycles. The molecule has 1 saturated heterocycles. The molecule has 1 aliphatic carbocycles. The molecule has 0 bridgehead atoms. The van der Waals surface area contributed by atoms with Crippen molar-refractivity contribution >= 4 is 17.7 Å². The van der Waals surface area contributed by atoms with Crippen LogP contribution in [0.4, 0.5) is 0 Å². The number of carbonyl (C=O) groups is 3. The van der Waals surface area contributed by atoms with E-state index in [4.69, 9.17) is 0 Å². The summed E-state index contributed by atoms with van der Waals surface area (Å²) in [6.07, 6.45) is 5.31. The number of hydrogen-bond donors (Lipinski definition) is 2. The maximum Gasteiger partial charge on any atom is 0.239 e. The van der Waals surface area contributed by atoms with Gasteiger partial charge in [0.15, 0.2) is 0 Å². The van der Waals surface area contributed by atoms with Crippen LogP contribution in [0.3, 0.4) is 0 Å². The van der Waals surface area contributed by atoms with Gasteiger partial charge in [0, 0.05) is 37.5 Å². The molecule has 0 unspecified atom stereocenters. The topological polar surface area (TPSA) is 81.8 Å². The summed E-state index contributed by atoms with van der Waals surface area (Å²) < 4.78 is 0. The molecule has 1 saturated carbocycles. The minimum Gasteiger partial charge on any atom is -0.358 e. The van der Waals surface area contributed by atoms with E-state index in [1.807, 2.05) is 18.7 Å². The standard InChI is InChI=1S/C26H40N4O3/c1-24(2,23(33)28-18-21(31)27-3)15-16-30-19-25(17-22(30)32)11-13-26(14-12-25,29(4)5)20-9-7-6-8-10-20/h6-10H,11-19H2,1-5H3,(H,27,31)(H,28,33)/t25-,26-. The van der Waals surface area contributed by atoms with Crippen LogP contribution in [0.15, 0.2) is 30.3 Å². The summed E-state index contributed by atoms with van der Waals surface area (Å²) in [6, 6.07) is 10.7. The Labute approximate surface area is 198 Å². The maximum absolute atomic E-state index is 12.9. The molecule has 0 aromatic heterocycles. The van der Waals surface area contributed by atoms with Crippen molar-refractivity contribution in [2.75, 3.05) is 40.8 Å². The molecule has 7 heteroatoms. The van der Waals surface area contributed by atoms with Gasteiger partial charge in [-0.3, -0.25) is 19.3 Å². The van der Waals surface area contributed by atoms with Crippen LogP contribution in [0, 0.1) is 10.8 Å². The molecular weight excluding hydrogens is 416 g/mol. The van der Waals surface area contributed by atoms with E-state index in [9.17, 15) is 14.4 Å². The molecule has 0 radical (unpaired) electrons. The van der Waals surface area contributed by atoms with E-state index in [2.05, 4.69) is 60.0 Å². The third-order valence-corrected chi connectivity index (χ3v) is 8.02. The Morgan fingerprint density at radius 2 is 1.73 bits per heavy atom. The second-order valence-corrected chi connectivity index (χ2v) is 10.8. The van der Waals surface area contributed by atoms with Gasteiger partial charge >= 0.3 is 0 Å². The highest BCUT2D eigenvalue weighted by Gasteiger charge is 2.50. The first kappa shape index (κ1) is 25.2. The van der Waals surface area contributed by atoms with Gasteiger partial charge < -0.3 is 15.5 Å². The van der Waals surface area contributed by atoms with Crippen LogP contribution in [0.1, 0.15) is 57.9 Å². The fraction of sp³-hybridized carbons (Fsp3) is 0.654. The van der Waals surface area contributed by atoms with E-state index in [-0.39, 0.29) is 35.2 Å². The van der Waals surface area contributed by atoms with Gasteiger partial charge in [0.1, 0.15) is 0 Å². The Kier molecular flexibility index (Phi) is 7.52. The molecule has 1 aromatic rings. The first-order valence-electron chi connectivity index (χ1n) is 12.0. The SMILES string of the molecule is CNC(=O)CNC(=O)C(C)(C)CCN1C[C@]2(CC[C@](c3ccccc3)(N(C)C)CC2)CC1=O. The summed E-state index contributed by atoms with van der Waals surface area (Å²) in [5.74, 6) is -0.185. The van der Waals surface area contributed by atoms with Gasteiger partial charge in [-0.25, -0.2) is 0 Å². The van der Waals surface area contributed by atoms with E-state index in [1.54, 1.807) is 7.05 Å². The monoisotopic (exact) mass is 456 g/mol. The Morgan fingerprint density at radius 3 is 2.30 bits per heavy atom. The molecule has 0 atom stereocenters. The van der Waals surface area contributed by atoms with E-state index >= 15 is 0 Å². The number of nitrogens with one attached hydrogen (secondary N) is 2. The van der Waals surface area contributed by atoms with Crippen molar-refractivity contribution in [3.8, 4) is 0 Å². The third-order valence-electron chi connectivity index (χ3n) is 8.02. The zero-order valence-corrected chi connectivity index (χ0v) is 20.9. The molecule has 33 heavy (non-hydrogen) atoms. The zero-order chi connectivity index (χ0) is 24.3. The molecule has 1 heterocycles. The van der Waals surface area contributed by atoms with Crippen molar-refractivity contribution in [1.29, 1.82) is 0 Å². The normalized spacial score (nSPS) is 25.5. The van der Waals surface area contributed by atoms with Crippen molar-refractivity contribution in [3.05, 3.63) is 35.9 Å². The molecule has 7 nitrogen and oxygen atoms in total. The predicted octanol–water partition coefficient (Wildman–Crippen LogP) is 2.51. The lowest BCUT2D eigenvalue weighted by molar-refractivity contribution is -0.133. The van der Waals surface area contributed by atoms with Gasteiger partial charge in [0.05, 0.1) is 6.54 Å². The Morgan fingerprint density at radius 1 is 1.09 bits per heavy atom. The fourth-order valence-electron chi connectivity index (χ4n) is 5.47. The first-order valence-corrected chi connectivity index (χ1v) is 12.0. The highest BCUT2D eigenvalue weighted by atomic mass is 16.2. The van der Waals surface area contributed by atoms with E-state index in [0.717, 1.165) is 32.2 Å². The van der Waals surface area contributed by atoms with Crippen LogP contribution >= 0.6 is 0 Å². The zero-order valence-electron chi connectivity index (χ0n) is 20.9. The maximum atomic E-state index is 12.9. The van der Waals surface area contributed by atoms with Crippen LogP contribution in [0.5, 0.6) is 0 Å². The summed E-state index contributed by atoms with van der Waals surface area (Å²) in [4.78, 5) is 41.2. The second-order valence-electron chi connectivity index (χ2n) is 10.8. The van der Waals surface area contributed by atoms with Crippen molar-refractivity contribution in [3.63, 3.8) is 0 Å². The van der Waals surface area contributed by atoms with Gasteiger partial charge in [-0.2, -0.15) is 0 Å². The number of carbonyl (C=O) groups excluding carboxylic acids is 3. The number of amides is 3. The predicted molar refractivity (Wildman–Crippen MR) is 129 cm³/mol. The third kappa shape index (κ3) is 5.40. The van der Waals surface area contributed by atoms with Crippen molar-refractivity contribution in [1.82, 2.24) is 20.4 Å². The van der Waals surface area contributed by atoms with E-state index in [0.29, 0.717) is 19.4 Å². The summed E-state index contributed by atoms with van der Waals surface area (Å²) in [7, 11) is 5.87. The highest BCUT2D eigenvalue weighted by Crippen LogP contribution is 2.52. The van der Waals surface area contributed by atoms with E-state index < -0.39 is 5.41 Å². The molecule has 3 rings (SSSR count). The molecule has 2 aliphatic rings. The summed E-state index contributed by atoms with van der Waals surface area (Å²) in [6.45, 7) is 5.06. The summed E-state index contributed by atoms with van der Waals surface area (Å²) in [5, 5.41) is 5.19. The number of likely N-dealkylation sites (N-methyl/N-ethyl adjacent to an activating group) is 1. The Bertz CT molecular complexity index is 858. The van der Waals surface area contributed by atoms with Crippen LogP contribution in [0.2, 0.25) is 0 Å². The second kappa shape index (κ2) is 9.84. The smallest absolute Gasteiger partial charge is 0.239 e. The molecule has 182 valence electrons. The van der Waals surface area contributed by atoms with Gasteiger partial charge in [0.25, 0.3) is 0 Å². The lowest BCUT2D eigenvalue weighted by Crippen LogP contribution is -2.47. The van der Waals surface area contributed by atoms with Gasteiger partial charge in [-0.05, 0) is 57.2 Å². The number of benzene rings is 1. The van der Waals surface area contributed by atoms with Crippen LogP contribution in [0.25, 0.3) is 0 Å². The minimum absolute atomic E-state index is 0.0217. The molecule has 3 amide bonds. The summed E-state index contributed by atoms with van der Waals surface area (Å²) in [5.41, 5.74) is 0.769. The Balaban J connectivity index is 1.59. The minimum atomic E-state index is -0.649. The number of likely N-dealkylation sites (tertiary alicyclic amines) is 1. The van der Waals surface area contributed by atoms with Gasteiger partial charge in [0.2, 0.25) is 17.7 Å². The van der Waals surface area contributed by atoms with Crippen molar-refractivity contribution in [2.24, 2.45) is 10.8 Å². The van der Waals surface area contributed by atoms with E-state index in [1.165, 1.54) is 5.56 Å². The highest BCUT2D eigenvalue weighted by molar-refractivity contribution is 5.87. The lowest BCUT2D eigenvalue weighted by atomic mass is 9.64. The largest absolute Gasteiger partial charge is 0.358 e.